The average molecular weight is 398 g/mol. The summed E-state index contributed by atoms with van der Waals surface area (Å²) in [6.45, 7) is 6.48. The molecular formula is C23H31N3O3. The number of methoxy groups -OCH3 is 1. The Bertz CT molecular complexity index is 803. The van der Waals surface area contributed by atoms with Crippen molar-refractivity contribution in [2.75, 3.05) is 32.1 Å². The van der Waals surface area contributed by atoms with Gasteiger partial charge in [-0.05, 0) is 58.0 Å². The second-order valence-corrected chi connectivity index (χ2v) is 7.50. The van der Waals surface area contributed by atoms with E-state index in [4.69, 9.17) is 9.47 Å². The number of anilines is 1. The minimum absolute atomic E-state index is 0.0334. The van der Waals surface area contributed by atoms with Gasteiger partial charge in [0.15, 0.2) is 0 Å². The number of ether oxygens (including phenoxy) is 2. The second kappa shape index (κ2) is 10.2. The molecule has 29 heavy (non-hydrogen) atoms. The Morgan fingerprint density at radius 2 is 1.69 bits per heavy atom. The lowest BCUT2D eigenvalue weighted by Gasteiger charge is -2.29. The molecule has 0 spiro atoms. The van der Waals surface area contributed by atoms with E-state index in [1.807, 2.05) is 56.3 Å². The molecule has 0 radical (unpaired) electrons. The Labute approximate surface area is 173 Å². The van der Waals surface area contributed by atoms with Crippen LogP contribution in [0, 0.1) is 0 Å². The van der Waals surface area contributed by atoms with Gasteiger partial charge in [-0.15, -0.1) is 0 Å². The smallest absolute Gasteiger partial charge is 0.319 e. The molecule has 1 aliphatic heterocycles. The zero-order valence-electron chi connectivity index (χ0n) is 17.5. The standard InChI is InChI=1S/C23H31N3O3/c1-17(2)29-22-13-7-5-11-19(22)25-23(27)24-16-20(26-14-8-9-15-26)18-10-4-6-12-21(18)28-3/h4-7,10-13,17,20H,8-9,14-16H2,1-3H3,(H2,24,25,27). The lowest BCUT2D eigenvalue weighted by atomic mass is 10.0. The largest absolute Gasteiger partial charge is 0.496 e. The molecule has 1 aliphatic rings. The van der Waals surface area contributed by atoms with E-state index in [1.54, 1.807) is 7.11 Å². The molecule has 0 saturated carbocycles. The van der Waals surface area contributed by atoms with Crippen molar-refractivity contribution in [2.24, 2.45) is 0 Å². The highest BCUT2D eigenvalue weighted by atomic mass is 16.5. The summed E-state index contributed by atoms with van der Waals surface area (Å²) < 4.78 is 11.4. The van der Waals surface area contributed by atoms with Crippen LogP contribution in [0.1, 0.15) is 38.3 Å². The predicted octanol–water partition coefficient (Wildman–Crippen LogP) is 4.44. The van der Waals surface area contributed by atoms with E-state index in [1.165, 1.54) is 12.8 Å². The topological polar surface area (TPSA) is 62.8 Å². The first kappa shape index (κ1) is 21.0. The molecule has 0 bridgehead atoms. The van der Waals surface area contributed by atoms with Crippen molar-refractivity contribution in [3.63, 3.8) is 0 Å². The molecule has 1 heterocycles. The van der Waals surface area contributed by atoms with Crippen LogP contribution in [0.5, 0.6) is 11.5 Å². The maximum Gasteiger partial charge on any atom is 0.319 e. The van der Waals surface area contributed by atoms with Gasteiger partial charge in [0.2, 0.25) is 0 Å². The Kier molecular flexibility index (Phi) is 7.36. The summed E-state index contributed by atoms with van der Waals surface area (Å²) in [5.41, 5.74) is 1.76. The third-order valence-corrected chi connectivity index (χ3v) is 5.03. The zero-order valence-corrected chi connectivity index (χ0v) is 17.5. The number of urea groups is 1. The number of likely N-dealkylation sites (tertiary alicyclic amines) is 1. The summed E-state index contributed by atoms with van der Waals surface area (Å²) in [5.74, 6) is 1.51. The van der Waals surface area contributed by atoms with Crippen LogP contribution in [0.2, 0.25) is 0 Å². The van der Waals surface area contributed by atoms with E-state index in [-0.39, 0.29) is 18.2 Å². The Morgan fingerprint density at radius 3 is 2.38 bits per heavy atom. The third-order valence-electron chi connectivity index (χ3n) is 5.03. The van der Waals surface area contributed by atoms with Gasteiger partial charge in [0.1, 0.15) is 11.5 Å². The maximum absolute atomic E-state index is 12.6. The monoisotopic (exact) mass is 397 g/mol. The van der Waals surface area contributed by atoms with Gasteiger partial charge < -0.3 is 20.1 Å². The fraction of sp³-hybridized carbons (Fsp3) is 0.435. The van der Waals surface area contributed by atoms with Crippen molar-refractivity contribution in [1.82, 2.24) is 10.2 Å². The van der Waals surface area contributed by atoms with Crippen LogP contribution in [-0.4, -0.2) is 43.8 Å². The van der Waals surface area contributed by atoms with Gasteiger partial charge in [-0.1, -0.05) is 30.3 Å². The first-order chi connectivity index (χ1) is 14.1. The molecule has 6 nitrogen and oxygen atoms in total. The lowest BCUT2D eigenvalue weighted by molar-refractivity contribution is 0.223. The number of nitrogens with zero attached hydrogens (tertiary/aromatic N) is 1. The van der Waals surface area contributed by atoms with E-state index in [0.717, 1.165) is 24.4 Å². The van der Waals surface area contributed by atoms with E-state index >= 15 is 0 Å². The van der Waals surface area contributed by atoms with Gasteiger partial charge in [0, 0.05) is 12.1 Å². The molecule has 1 atom stereocenters. The highest BCUT2D eigenvalue weighted by Crippen LogP contribution is 2.31. The first-order valence-electron chi connectivity index (χ1n) is 10.3. The van der Waals surface area contributed by atoms with Crippen LogP contribution in [-0.2, 0) is 0 Å². The second-order valence-electron chi connectivity index (χ2n) is 7.50. The first-order valence-corrected chi connectivity index (χ1v) is 10.3. The Morgan fingerprint density at radius 1 is 1.03 bits per heavy atom. The van der Waals surface area contributed by atoms with Gasteiger partial charge in [-0.25, -0.2) is 4.79 Å². The summed E-state index contributed by atoms with van der Waals surface area (Å²) >= 11 is 0. The number of para-hydroxylation sites is 3. The summed E-state index contributed by atoms with van der Waals surface area (Å²) in [4.78, 5) is 15.0. The molecule has 156 valence electrons. The van der Waals surface area contributed by atoms with Crippen LogP contribution >= 0.6 is 0 Å². The number of carbonyl (C=O) groups excluding carboxylic acids is 1. The lowest BCUT2D eigenvalue weighted by Crippen LogP contribution is -2.38. The number of rotatable bonds is 8. The number of hydrogen-bond donors (Lipinski definition) is 2. The van der Waals surface area contributed by atoms with Crippen LogP contribution in [0.25, 0.3) is 0 Å². The molecular weight excluding hydrogens is 366 g/mol. The van der Waals surface area contributed by atoms with Gasteiger partial charge in [-0.3, -0.25) is 4.90 Å². The number of benzene rings is 2. The van der Waals surface area contributed by atoms with Gasteiger partial charge in [0.05, 0.1) is 24.9 Å². The number of hydrogen-bond acceptors (Lipinski definition) is 4. The SMILES string of the molecule is COc1ccccc1C(CNC(=O)Nc1ccccc1OC(C)C)N1CCCC1. The summed E-state index contributed by atoms with van der Waals surface area (Å²) in [6.07, 6.45) is 2.39. The fourth-order valence-electron chi connectivity index (χ4n) is 3.71. The Hall–Kier alpha value is -2.73. The number of nitrogens with one attached hydrogen (secondary N) is 2. The van der Waals surface area contributed by atoms with Crippen LogP contribution < -0.4 is 20.1 Å². The molecule has 0 aromatic heterocycles. The molecule has 2 N–H and O–H groups in total. The van der Waals surface area contributed by atoms with Crippen molar-refractivity contribution in [2.45, 2.75) is 38.8 Å². The van der Waals surface area contributed by atoms with Crippen molar-refractivity contribution >= 4 is 11.7 Å². The normalized spacial score (nSPS) is 15.2. The van der Waals surface area contributed by atoms with Crippen molar-refractivity contribution in [1.29, 1.82) is 0 Å². The molecule has 2 amide bonds. The zero-order chi connectivity index (χ0) is 20.6. The van der Waals surface area contributed by atoms with Crippen molar-refractivity contribution in [3.8, 4) is 11.5 Å². The number of carbonyl (C=O) groups is 1. The summed E-state index contributed by atoms with van der Waals surface area (Å²) in [5, 5.41) is 5.95. The van der Waals surface area contributed by atoms with E-state index in [2.05, 4.69) is 21.6 Å². The molecule has 1 unspecified atom stereocenters. The van der Waals surface area contributed by atoms with Crippen LogP contribution in [0.3, 0.4) is 0 Å². The molecule has 2 aromatic carbocycles. The molecule has 1 fully saturated rings. The average Bonchev–Trinajstić information content (AvgIpc) is 3.24. The molecule has 2 aromatic rings. The Balaban J connectivity index is 1.69. The van der Waals surface area contributed by atoms with Crippen molar-refractivity contribution < 1.29 is 14.3 Å². The summed E-state index contributed by atoms with van der Waals surface area (Å²) in [7, 11) is 1.69. The van der Waals surface area contributed by atoms with Crippen LogP contribution in [0.4, 0.5) is 10.5 Å². The van der Waals surface area contributed by atoms with E-state index in [0.29, 0.717) is 18.0 Å². The maximum atomic E-state index is 12.6. The van der Waals surface area contributed by atoms with E-state index < -0.39 is 0 Å². The number of amides is 2. The minimum Gasteiger partial charge on any atom is -0.496 e. The molecule has 3 rings (SSSR count). The molecule has 6 heteroatoms. The van der Waals surface area contributed by atoms with Gasteiger partial charge in [0.25, 0.3) is 0 Å². The fourth-order valence-corrected chi connectivity index (χ4v) is 3.71. The van der Waals surface area contributed by atoms with E-state index in [9.17, 15) is 4.79 Å². The quantitative estimate of drug-likeness (QED) is 0.691. The highest BCUT2D eigenvalue weighted by Gasteiger charge is 2.26. The van der Waals surface area contributed by atoms with Gasteiger partial charge >= 0.3 is 6.03 Å². The third kappa shape index (κ3) is 5.64. The van der Waals surface area contributed by atoms with Gasteiger partial charge in [-0.2, -0.15) is 0 Å². The molecule has 1 saturated heterocycles. The predicted molar refractivity (Wildman–Crippen MR) is 116 cm³/mol. The van der Waals surface area contributed by atoms with Crippen LogP contribution in [0.15, 0.2) is 48.5 Å². The minimum atomic E-state index is -0.246. The van der Waals surface area contributed by atoms with Crippen molar-refractivity contribution in [3.05, 3.63) is 54.1 Å². The molecule has 0 aliphatic carbocycles. The summed E-state index contributed by atoms with van der Waals surface area (Å²) in [6, 6.07) is 15.3. The highest BCUT2D eigenvalue weighted by molar-refractivity contribution is 5.90.